The molecule has 1 heterocycles. The van der Waals surface area contributed by atoms with Gasteiger partial charge in [-0.05, 0) is 63.9 Å². The van der Waals surface area contributed by atoms with E-state index in [1.807, 2.05) is 109 Å². The quantitative estimate of drug-likeness (QED) is 0.0498. The van der Waals surface area contributed by atoms with Gasteiger partial charge in [0, 0.05) is 17.7 Å². The molecule has 316 valence electrons. The highest BCUT2D eigenvalue weighted by Gasteiger charge is 2.58. The highest BCUT2D eigenvalue weighted by Crippen LogP contribution is 2.45. The SMILES string of the molecule is C=CCOCCc1ccc(Cc2cc(C3(OC)O[C@H](COCc4ccccc4)[C@@H](OCc4ccccc4)[C@H](OCc4ccccc4)C3OCc3ccccc3)ccc2Cl)cc1. The van der Waals surface area contributed by atoms with E-state index in [-0.39, 0.29) is 13.2 Å². The predicted molar refractivity (Wildman–Crippen MR) is 240 cm³/mol. The summed E-state index contributed by atoms with van der Waals surface area (Å²) in [6.07, 6.45) is 0.402. The van der Waals surface area contributed by atoms with Crippen molar-refractivity contribution in [3.8, 4) is 0 Å². The Labute approximate surface area is 365 Å². The first kappa shape index (κ1) is 44.1. The highest BCUT2D eigenvalue weighted by molar-refractivity contribution is 6.31. The summed E-state index contributed by atoms with van der Waals surface area (Å²) in [4.78, 5) is 0. The smallest absolute Gasteiger partial charge is 0.225 e. The molecule has 6 aromatic rings. The van der Waals surface area contributed by atoms with Crippen LogP contribution in [0.25, 0.3) is 0 Å². The highest BCUT2D eigenvalue weighted by atomic mass is 35.5. The number of benzene rings is 6. The molecule has 0 radical (unpaired) electrons. The third-order valence-corrected chi connectivity index (χ3v) is 11.2. The Bertz CT molecular complexity index is 2190. The third kappa shape index (κ3) is 12.1. The molecule has 1 fully saturated rings. The second-order valence-electron chi connectivity index (χ2n) is 15.2. The molecule has 0 aliphatic carbocycles. The van der Waals surface area contributed by atoms with Crippen molar-refractivity contribution in [3.63, 3.8) is 0 Å². The Morgan fingerprint density at radius 1 is 0.590 bits per heavy atom. The van der Waals surface area contributed by atoms with Gasteiger partial charge >= 0.3 is 0 Å². The van der Waals surface area contributed by atoms with E-state index < -0.39 is 30.2 Å². The zero-order chi connectivity index (χ0) is 42.1. The first-order valence-electron chi connectivity index (χ1n) is 20.9. The fourth-order valence-electron chi connectivity index (χ4n) is 7.68. The van der Waals surface area contributed by atoms with Crippen LogP contribution in [-0.2, 0) is 78.2 Å². The van der Waals surface area contributed by atoms with E-state index in [0.717, 1.165) is 45.4 Å². The molecule has 7 rings (SSSR count). The van der Waals surface area contributed by atoms with Gasteiger partial charge in [0.1, 0.15) is 24.4 Å². The maximum absolute atomic E-state index is 7.31. The summed E-state index contributed by atoms with van der Waals surface area (Å²) in [6.45, 7) is 6.40. The predicted octanol–water partition coefficient (Wildman–Crippen LogP) is 10.8. The molecule has 6 aromatic carbocycles. The number of ether oxygens (including phenoxy) is 7. The van der Waals surface area contributed by atoms with Gasteiger partial charge in [-0.3, -0.25) is 0 Å². The van der Waals surface area contributed by atoms with Crippen molar-refractivity contribution in [2.24, 2.45) is 0 Å². The van der Waals surface area contributed by atoms with Crippen LogP contribution in [0.1, 0.15) is 44.5 Å². The van der Waals surface area contributed by atoms with Crippen molar-refractivity contribution < 1.29 is 33.2 Å². The minimum atomic E-state index is -1.47. The van der Waals surface area contributed by atoms with E-state index in [9.17, 15) is 0 Å². The maximum Gasteiger partial charge on any atom is 0.225 e. The second-order valence-corrected chi connectivity index (χ2v) is 15.6. The monoisotopic (exact) mass is 838 g/mol. The molecule has 0 aromatic heterocycles. The summed E-state index contributed by atoms with van der Waals surface area (Å²) in [5, 5.41) is 0.637. The topological polar surface area (TPSA) is 64.6 Å². The first-order valence-corrected chi connectivity index (χ1v) is 21.3. The van der Waals surface area contributed by atoms with Crippen molar-refractivity contribution in [1.29, 1.82) is 0 Å². The molecule has 8 heteroatoms. The van der Waals surface area contributed by atoms with Crippen molar-refractivity contribution in [2.75, 3.05) is 26.9 Å². The fraction of sp³-hybridized carbons (Fsp3) is 0.283. The van der Waals surface area contributed by atoms with Crippen molar-refractivity contribution in [2.45, 2.75) is 69.5 Å². The largest absolute Gasteiger partial charge is 0.377 e. The average molecular weight is 839 g/mol. The van der Waals surface area contributed by atoms with Crippen LogP contribution < -0.4 is 0 Å². The number of hydrogen-bond donors (Lipinski definition) is 0. The zero-order valence-corrected chi connectivity index (χ0v) is 35.5. The minimum Gasteiger partial charge on any atom is -0.377 e. The van der Waals surface area contributed by atoms with Crippen LogP contribution in [0, 0.1) is 0 Å². The van der Waals surface area contributed by atoms with Gasteiger partial charge in [-0.25, -0.2) is 0 Å². The lowest BCUT2D eigenvalue weighted by Crippen LogP contribution is -2.66. The Morgan fingerprint density at radius 3 is 1.67 bits per heavy atom. The van der Waals surface area contributed by atoms with Crippen LogP contribution in [0.15, 0.2) is 176 Å². The van der Waals surface area contributed by atoms with Gasteiger partial charge in [-0.2, -0.15) is 0 Å². The molecule has 5 atom stereocenters. The number of rotatable bonds is 22. The Morgan fingerprint density at radius 2 is 1.11 bits per heavy atom. The van der Waals surface area contributed by atoms with Crippen LogP contribution >= 0.6 is 11.6 Å². The van der Waals surface area contributed by atoms with E-state index >= 15 is 0 Å². The number of halogens is 1. The molecule has 61 heavy (non-hydrogen) atoms. The summed E-state index contributed by atoms with van der Waals surface area (Å²) in [5.41, 5.74) is 8.07. The lowest BCUT2D eigenvalue weighted by atomic mass is 9.86. The molecular weight excluding hydrogens is 784 g/mol. The molecule has 2 unspecified atom stereocenters. The lowest BCUT2D eigenvalue weighted by Gasteiger charge is -2.52. The van der Waals surface area contributed by atoms with Crippen LogP contribution in [0.4, 0.5) is 0 Å². The molecule has 1 saturated heterocycles. The molecule has 0 bridgehead atoms. The van der Waals surface area contributed by atoms with Gasteiger partial charge in [-0.15, -0.1) is 6.58 Å². The van der Waals surface area contributed by atoms with Crippen LogP contribution in [0.3, 0.4) is 0 Å². The Hall–Kier alpha value is -4.93. The van der Waals surface area contributed by atoms with Gasteiger partial charge in [0.05, 0.1) is 46.2 Å². The van der Waals surface area contributed by atoms with E-state index in [1.165, 1.54) is 5.56 Å². The Kier molecular flexibility index (Phi) is 16.5. The maximum atomic E-state index is 7.31. The van der Waals surface area contributed by atoms with Crippen molar-refractivity contribution in [3.05, 3.63) is 226 Å². The molecule has 0 amide bonds. The van der Waals surface area contributed by atoms with Crippen molar-refractivity contribution in [1.82, 2.24) is 0 Å². The minimum absolute atomic E-state index is 0.196. The summed E-state index contributed by atoms with van der Waals surface area (Å²) in [6, 6.07) is 54.9. The van der Waals surface area contributed by atoms with Gasteiger partial charge in [0.15, 0.2) is 0 Å². The van der Waals surface area contributed by atoms with Crippen LogP contribution in [0.5, 0.6) is 0 Å². The molecule has 0 saturated carbocycles. The van der Waals surface area contributed by atoms with Crippen molar-refractivity contribution >= 4 is 11.6 Å². The average Bonchev–Trinajstić information content (AvgIpc) is 3.31. The molecule has 0 spiro atoms. The van der Waals surface area contributed by atoms with E-state index in [2.05, 4.69) is 61.2 Å². The van der Waals surface area contributed by atoms with Crippen LogP contribution in [-0.4, -0.2) is 51.3 Å². The normalized spacial score (nSPS) is 20.0. The molecule has 7 nitrogen and oxygen atoms in total. The van der Waals surface area contributed by atoms with E-state index in [4.69, 9.17) is 44.8 Å². The zero-order valence-electron chi connectivity index (χ0n) is 34.8. The molecule has 0 N–H and O–H groups in total. The molecular formula is C53H55ClO7. The van der Waals surface area contributed by atoms with Crippen LogP contribution in [0.2, 0.25) is 5.02 Å². The number of hydrogen-bond acceptors (Lipinski definition) is 7. The lowest BCUT2D eigenvalue weighted by molar-refractivity contribution is -0.385. The number of methoxy groups -OCH3 is 1. The van der Waals surface area contributed by atoms with Gasteiger partial charge < -0.3 is 33.2 Å². The Balaban J connectivity index is 1.27. The van der Waals surface area contributed by atoms with Gasteiger partial charge in [0.2, 0.25) is 5.79 Å². The standard InChI is InChI=1S/C53H55ClO7/c1-3-31-56-32-30-40-24-26-41(27-25-40)33-46-34-47(28-29-48(46)54)53(55-2)52(60-38-45-22-14-7-15-23-45)51(59-37-44-20-12-6-13-21-44)50(58-36-43-18-10-5-11-19-43)49(61-53)39-57-35-42-16-8-4-9-17-42/h3-29,34,49-52H,1,30-33,35-39H2,2H3/t49-,50-,51+,52?,53?/m1/s1. The molecule has 1 aliphatic heterocycles. The van der Waals surface area contributed by atoms with Gasteiger partial charge in [0.25, 0.3) is 0 Å². The second kappa shape index (κ2) is 22.8. The van der Waals surface area contributed by atoms with E-state index in [0.29, 0.717) is 44.5 Å². The van der Waals surface area contributed by atoms with E-state index in [1.54, 1.807) is 13.2 Å². The fourth-order valence-corrected chi connectivity index (χ4v) is 7.86. The van der Waals surface area contributed by atoms with Gasteiger partial charge in [-0.1, -0.05) is 169 Å². The molecule has 1 aliphatic rings. The summed E-state index contributed by atoms with van der Waals surface area (Å²) >= 11 is 7.00. The third-order valence-electron chi connectivity index (χ3n) is 10.9. The summed E-state index contributed by atoms with van der Waals surface area (Å²) < 4.78 is 47.1. The summed E-state index contributed by atoms with van der Waals surface area (Å²) in [7, 11) is 1.66. The summed E-state index contributed by atoms with van der Waals surface area (Å²) in [5.74, 6) is -1.47. The first-order chi connectivity index (χ1) is 30.0.